The quantitative estimate of drug-likeness (QED) is 0.305. The van der Waals surface area contributed by atoms with E-state index in [1.165, 1.54) is 7.85 Å². The summed E-state index contributed by atoms with van der Waals surface area (Å²) in [6.45, 7) is 0. The molecule has 0 aromatic heterocycles. The number of nitriles is 1. The van der Waals surface area contributed by atoms with Crippen LogP contribution >= 0.6 is 0 Å². The molecule has 0 unspecified atom stereocenters. The van der Waals surface area contributed by atoms with Crippen LogP contribution in [0.3, 0.4) is 0 Å². The maximum Gasteiger partial charge on any atom is 0.316 e. The zero-order valence-corrected chi connectivity index (χ0v) is 1.95. The maximum absolute atomic E-state index is 7.32. The van der Waals surface area contributed by atoms with Crippen LogP contribution in [0.25, 0.3) is 0 Å². The summed E-state index contributed by atoms with van der Waals surface area (Å²) in [7, 11) is 1.43. The lowest BCUT2D eigenvalue weighted by molar-refractivity contribution is 1.57. The van der Waals surface area contributed by atoms with Gasteiger partial charge in [0.05, 0.1) is 0 Å². The SMILES string of the molecule is BC#N.[MgH2]. The molecule has 0 aromatic rings. The first kappa shape index (κ1) is 8.85. The van der Waals surface area contributed by atoms with Crippen LogP contribution in [0.2, 0.25) is 0 Å². The van der Waals surface area contributed by atoms with Crippen molar-refractivity contribution in [3.63, 3.8) is 0 Å². The Labute approximate surface area is 42.6 Å². The molecule has 18 valence electrons. The molecule has 0 aliphatic heterocycles. The van der Waals surface area contributed by atoms with Gasteiger partial charge in [-0.25, -0.2) is 5.26 Å². The van der Waals surface area contributed by atoms with E-state index in [1.54, 1.807) is 5.97 Å². The molecule has 0 N–H and O–H groups in total. The van der Waals surface area contributed by atoms with Crippen LogP contribution in [0.15, 0.2) is 0 Å². The van der Waals surface area contributed by atoms with Crippen LogP contribution < -0.4 is 0 Å². The van der Waals surface area contributed by atoms with E-state index in [-0.39, 0.29) is 23.1 Å². The third kappa shape index (κ3) is 39.3. The van der Waals surface area contributed by atoms with E-state index in [0.29, 0.717) is 0 Å². The minimum absolute atomic E-state index is 0. The van der Waals surface area contributed by atoms with Gasteiger partial charge in [-0.1, -0.05) is 0 Å². The van der Waals surface area contributed by atoms with Crippen molar-refractivity contribution >= 4 is 30.9 Å². The highest BCUT2D eigenvalue weighted by atomic mass is 24.3. The Morgan fingerprint density at radius 1 is 1.75 bits per heavy atom. The monoisotopic (exact) mass is 65.0 g/mol. The summed E-state index contributed by atoms with van der Waals surface area (Å²) in [5.41, 5.74) is 0. The fourth-order valence-corrected chi connectivity index (χ4v) is 0. The fourth-order valence-electron chi connectivity index (χ4n) is 0. The molecular weight excluding hydrogens is 61.1 g/mol. The van der Waals surface area contributed by atoms with Gasteiger partial charge in [-0.15, -0.1) is 0 Å². The van der Waals surface area contributed by atoms with E-state index in [1.807, 2.05) is 0 Å². The van der Waals surface area contributed by atoms with Crippen LogP contribution in [0.1, 0.15) is 0 Å². The van der Waals surface area contributed by atoms with Gasteiger partial charge in [0.25, 0.3) is 0 Å². The molecule has 0 radical (unpaired) electrons. The zero-order valence-electron chi connectivity index (χ0n) is 1.95. The third-order valence-corrected chi connectivity index (χ3v) is 0. The summed E-state index contributed by atoms with van der Waals surface area (Å²) in [4.78, 5) is 0. The Balaban J connectivity index is 0. The number of nitrogens with zero attached hydrogens (tertiary/aromatic N) is 1. The lowest BCUT2D eigenvalue weighted by Gasteiger charge is -1.12. The molecule has 0 bridgehead atoms. The van der Waals surface area contributed by atoms with Gasteiger partial charge in [0.15, 0.2) is 0 Å². The first-order chi connectivity index (χ1) is 1.41. The fraction of sp³-hybridized carbons (Fsp3) is 0. The van der Waals surface area contributed by atoms with Gasteiger partial charge < -0.3 is 0 Å². The van der Waals surface area contributed by atoms with E-state index in [2.05, 4.69) is 0 Å². The predicted octanol–water partition coefficient (Wildman–Crippen LogP) is -1.82. The average Bonchev–Trinajstić information content (AvgIpc) is 0.918. The van der Waals surface area contributed by atoms with E-state index < -0.39 is 0 Å². The van der Waals surface area contributed by atoms with Crippen molar-refractivity contribution in [2.24, 2.45) is 0 Å². The molecule has 4 heavy (non-hydrogen) atoms. The molecule has 3 heteroatoms. The summed E-state index contributed by atoms with van der Waals surface area (Å²) in [5, 5.41) is 7.32. The van der Waals surface area contributed by atoms with Gasteiger partial charge in [-0.05, 0) is 5.97 Å². The minimum atomic E-state index is 0. The second-order valence-corrected chi connectivity index (χ2v) is 0.224. The largest absolute Gasteiger partial charge is 0.316 e. The molecule has 0 saturated carbocycles. The molecule has 0 amide bonds. The van der Waals surface area contributed by atoms with Gasteiger partial charge in [0.1, 0.15) is 0 Å². The summed E-state index contributed by atoms with van der Waals surface area (Å²) in [6, 6.07) is 0. The lowest BCUT2D eigenvalue weighted by Crippen LogP contribution is -1.32. The summed E-state index contributed by atoms with van der Waals surface area (Å²) < 4.78 is 0. The zero-order chi connectivity index (χ0) is 2.71. The van der Waals surface area contributed by atoms with Crippen molar-refractivity contribution in [2.75, 3.05) is 0 Å². The number of hydrogen-bond donors (Lipinski definition) is 0. The van der Waals surface area contributed by atoms with Crippen molar-refractivity contribution in [1.82, 2.24) is 0 Å². The molecule has 0 aliphatic carbocycles. The van der Waals surface area contributed by atoms with E-state index >= 15 is 0 Å². The first-order valence-electron chi connectivity index (χ1n) is 0.724. The van der Waals surface area contributed by atoms with Crippen LogP contribution in [0.4, 0.5) is 0 Å². The molecule has 0 fully saturated rings. The smallest absolute Gasteiger partial charge is 0.213 e. The Bertz CT molecular complexity index is 29.5. The Hall–Kier alpha value is 0.321. The molecule has 0 aromatic carbocycles. The summed E-state index contributed by atoms with van der Waals surface area (Å²) in [6.07, 6.45) is 0. The Morgan fingerprint density at radius 3 is 1.75 bits per heavy atom. The van der Waals surface area contributed by atoms with Gasteiger partial charge in [-0.3, -0.25) is 0 Å². The third-order valence-electron chi connectivity index (χ3n) is 0. The normalized spacial score (nSPS) is 1.75. The summed E-state index contributed by atoms with van der Waals surface area (Å²) in [5.74, 6) is 1.75. The topological polar surface area (TPSA) is 23.8 Å². The second kappa shape index (κ2) is 10.3. The Morgan fingerprint density at radius 2 is 1.75 bits per heavy atom. The lowest BCUT2D eigenvalue weighted by atomic mass is 10.2. The molecule has 0 rings (SSSR count). The summed E-state index contributed by atoms with van der Waals surface area (Å²) >= 11 is 0. The van der Waals surface area contributed by atoms with Crippen LogP contribution in [0.5, 0.6) is 0 Å². The molecular formula is CH4BMgN. The van der Waals surface area contributed by atoms with Crippen molar-refractivity contribution in [1.29, 1.82) is 5.26 Å². The van der Waals surface area contributed by atoms with Crippen molar-refractivity contribution in [3.8, 4) is 5.97 Å². The van der Waals surface area contributed by atoms with Crippen molar-refractivity contribution in [3.05, 3.63) is 0 Å². The molecule has 0 saturated heterocycles. The van der Waals surface area contributed by atoms with Crippen LogP contribution in [-0.4, -0.2) is 30.9 Å². The first-order valence-corrected chi connectivity index (χ1v) is 0.724. The van der Waals surface area contributed by atoms with Gasteiger partial charge in [0.2, 0.25) is 7.85 Å². The van der Waals surface area contributed by atoms with Crippen molar-refractivity contribution < 1.29 is 0 Å². The maximum atomic E-state index is 7.32. The van der Waals surface area contributed by atoms with Crippen LogP contribution in [-0.2, 0) is 0 Å². The average molecular weight is 65.2 g/mol. The van der Waals surface area contributed by atoms with E-state index in [4.69, 9.17) is 5.26 Å². The molecule has 0 spiro atoms. The molecule has 1 nitrogen and oxygen atoms in total. The number of hydrogen-bond acceptors (Lipinski definition) is 1. The van der Waals surface area contributed by atoms with Gasteiger partial charge >= 0.3 is 23.1 Å². The molecule has 0 atom stereocenters. The standard InChI is InChI=1S/CH2BN.Mg.2H/c2-1-3;;;/h2H2;;;. The Kier molecular flexibility index (Phi) is 22.7. The minimum Gasteiger partial charge on any atom is -0.213 e. The highest BCUT2D eigenvalue weighted by Gasteiger charge is 1.23. The molecule has 0 aliphatic rings. The molecule has 0 heterocycles. The van der Waals surface area contributed by atoms with Crippen LogP contribution in [0, 0.1) is 11.2 Å². The van der Waals surface area contributed by atoms with Gasteiger partial charge in [-0.2, -0.15) is 0 Å². The van der Waals surface area contributed by atoms with E-state index in [9.17, 15) is 0 Å². The van der Waals surface area contributed by atoms with Crippen molar-refractivity contribution in [2.45, 2.75) is 0 Å². The highest BCUT2D eigenvalue weighted by molar-refractivity contribution is 6.20. The number of rotatable bonds is 0. The highest BCUT2D eigenvalue weighted by Crippen LogP contribution is 1.04. The van der Waals surface area contributed by atoms with Gasteiger partial charge in [0, 0.05) is 0 Å². The second-order valence-electron chi connectivity index (χ2n) is 0.224. The predicted molar refractivity (Wildman–Crippen MR) is 22.7 cm³/mol. The van der Waals surface area contributed by atoms with E-state index in [0.717, 1.165) is 0 Å².